The van der Waals surface area contributed by atoms with Crippen molar-refractivity contribution in [3.05, 3.63) is 35.9 Å². The van der Waals surface area contributed by atoms with Crippen LogP contribution in [0.2, 0.25) is 0 Å². The summed E-state index contributed by atoms with van der Waals surface area (Å²) in [5.41, 5.74) is 0.895. The van der Waals surface area contributed by atoms with E-state index in [1.54, 1.807) is 4.90 Å². The number of ether oxygens (including phenoxy) is 1. The molecule has 0 radical (unpaired) electrons. The van der Waals surface area contributed by atoms with Crippen LogP contribution in [-0.2, 0) is 20.9 Å². The number of carbonyl (C=O) groups is 3. The first-order chi connectivity index (χ1) is 14.6. The van der Waals surface area contributed by atoms with Gasteiger partial charge in [0.2, 0.25) is 5.91 Å². The van der Waals surface area contributed by atoms with Crippen molar-refractivity contribution < 1.29 is 24.2 Å². The van der Waals surface area contributed by atoms with E-state index in [4.69, 9.17) is 4.74 Å². The van der Waals surface area contributed by atoms with Crippen LogP contribution in [-0.4, -0.2) is 58.0 Å². The summed E-state index contributed by atoms with van der Waals surface area (Å²) in [4.78, 5) is 41.3. The number of amides is 2. The zero-order chi connectivity index (χ0) is 21.1. The molecule has 1 N–H and O–H groups in total. The summed E-state index contributed by atoms with van der Waals surface area (Å²) in [5.74, 6) is -0.681. The number of hydrogen-bond acceptors (Lipinski definition) is 4. The lowest BCUT2D eigenvalue weighted by molar-refractivity contribution is -0.153. The highest BCUT2D eigenvalue weighted by atomic mass is 16.6. The topological polar surface area (TPSA) is 87.2 Å². The summed E-state index contributed by atoms with van der Waals surface area (Å²) >= 11 is 0. The number of likely N-dealkylation sites (tertiary alicyclic amines) is 2. The number of piperidine rings is 1. The van der Waals surface area contributed by atoms with Crippen molar-refractivity contribution in [2.24, 2.45) is 11.8 Å². The van der Waals surface area contributed by atoms with E-state index in [1.807, 2.05) is 30.3 Å². The molecule has 4 atom stereocenters. The average Bonchev–Trinajstić information content (AvgIpc) is 3.27. The molecular weight excluding hydrogens is 384 g/mol. The Hall–Kier alpha value is -2.57. The van der Waals surface area contributed by atoms with Gasteiger partial charge in [0, 0.05) is 13.1 Å². The lowest BCUT2D eigenvalue weighted by Crippen LogP contribution is -2.60. The van der Waals surface area contributed by atoms with Crippen LogP contribution in [0.3, 0.4) is 0 Å². The summed E-state index contributed by atoms with van der Waals surface area (Å²) in [7, 11) is 0. The fraction of sp³-hybridized carbons (Fsp3) is 0.609. The maximum atomic E-state index is 13.6. The molecule has 162 valence electrons. The summed E-state index contributed by atoms with van der Waals surface area (Å²) in [6.07, 6.45) is 5.72. The van der Waals surface area contributed by atoms with Gasteiger partial charge in [0.25, 0.3) is 0 Å². The quantitative estimate of drug-likeness (QED) is 0.817. The summed E-state index contributed by atoms with van der Waals surface area (Å²) in [5, 5.41) is 9.55. The van der Waals surface area contributed by atoms with Gasteiger partial charge in [-0.25, -0.2) is 9.59 Å². The van der Waals surface area contributed by atoms with E-state index in [2.05, 4.69) is 0 Å². The second kappa shape index (κ2) is 9.06. The average molecular weight is 415 g/mol. The molecule has 30 heavy (non-hydrogen) atoms. The highest BCUT2D eigenvalue weighted by Crippen LogP contribution is 2.41. The van der Waals surface area contributed by atoms with Crippen molar-refractivity contribution in [1.82, 2.24) is 9.80 Å². The minimum atomic E-state index is -0.963. The molecule has 1 aliphatic carbocycles. The molecule has 1 aromatic rings. The van der Waals surface area contributed by atoms with Crippen molar-refractivity contribution in [1.29, 1.82) is 0 Å². The molecule has 7 heteroatoms. The van der Waals surface area contributed by atoms with Gasteiger partial charge in [-0.2, -0.15) is 0 Å². The van der Waals surface area contributed by atoms with Gasteiger partial charge in [-0.15, -0.1) is 0 Å². The van der Waals surface area contributed by atoms with E-state index >= 15 is 0 Å². The standard InChI is InChI=1S/C23H30N2O5/c26-21(24-13-6-11-19(24)22(27)28)20-18-10-5-4-9-17(18)12-14-25(20)23(29)30-15-16-7-2-1-3-8-16/h1-3,7-8,17-20H,4-6,9-15H2,(H,27,28)/t17-,18-,19-,20+/m0/s1. The van der Waals surface area contributed by atoms with Crippen LogP contribution in [0.5, 0.6) is 0 Å². The minimum absolute atomic E-state index is 0.0827. The van der Waals surface area contributed by atoms with Crippen molar-refractivity contribution >= 4 is 18.0 Å². The van der Waals surface area contributed by atoms with Gasteiger partial charge in [-0.05, 0) is 43.1 Å². The Morgan fingerprint density at radius 1 is 0.933 bits per heavy atom. The molecule has 1 saturated carbocycles. The molecule has 0 spiro atoms. The lowest BCUT2D eigenvalue weighted by Gasteiger charge is -2.47. The Bertz CT molecular complexity index is 783. The number of hydrogen-bond donors (Lipinski definition) is 1. The highest BCUT2D eigenvalue weighted by molar-refractivity contribution is 5.90. The molecule has 1 aromatic carbocycles. The third-order valence-corrected chi connectivity index (χ3v) is 6.96. The Balaban J connectivity index is 1.54. The number of fused-ring (bicyclic) bond motifs is 1. The van der Waals surface area contributed by atoms with Crippen LogP contribution < -0.4 is 0 Å². The number of rotatable bonds is 4. The van der Waals surface area contributed by atoms with E-state index in [-0.39, 0.29) is 18.4 Å². The molecule has 3 aliphatic rings. The van der Waals surface area contributed by atoms with Crippen molar-refractivity contribution in [2.75, 3.05) is 13.1 Å². The third-order valence-electron chi connectivity index (χ3n) is 6.96. The predicted molar refractivity (Wildman–Crippen MR) is 110 cm³/mol. The number of carboxylic acid groups (broad SMARTS) is 1. The molecule has 7 nitrogen and oxygen atoms in total. The smallest absolute Gasteiger partial charge is 0.410 e. The monoisotopic (exact) mass is 414 g/mol. The molecular formula is C23H30N2O5. The maximum absolute atomic E-state index is 13.6. The van der Waals surface area contributed by atoms with E-state index in [1.165, 1.54) is 4.90 Å². The summed E-state index contributed by atoms with van der Waals surface area (Å²) < 4.78 is 5.56. The fourth-order valence-electron chi connectivity index (χ4n) is 5.47. The maximum Gasteiger partial charge on any atom is 0.410 e. The van der Waals surface area contributed by atoms with Crippen molar-refractivity contribution in [2.45, 2.75) is 63.6 Å². The number of carbonyl (C=O) groups excluding carboxylic acids is 2. The molecule has 2 heterocycles. The van der Waals surface area contributed by atoms with E-state index in [0.717, 1.165) is 37.7 Å². The van der Waals surface area contributed by atoms with Crippen LogP contribution >= 0.6 is 0 Å². The first-order valence-electron chi connectivity index (χ1n) is 11.1. The largest absolute Gasteiger partial charge is 0.480 e. The first-order valence-corrected chi connectivity index (χ1v) is 11.1. The summed E-state index contributed by atoms with van der Waals surface area (Å²) in [6.45, 7) is 1.08. The number of nitrogens with zero attached hydrogens (tertiary/aromatic N) is 2. The molecule has 0 aromatic heterocycles. The van der Waals surface area contributed by atoms with Gasteiger partial charge in [0.15, 0.2) is 0 Å². The van der Waals surface area contributed by atoms with Crippen molar-refractivity contribution in [3.8, 4) is 0 Å². The predicted octanol–water partition coefficient (Wildman–Crippen LogP) is 3.28. The summed E-state index contributed by atoms with van der Waals surface area (Å²) in [6, 6.07) is 8.07. The zero-order valence-electron chi connectivity index (χ0n) is 17.2. The van der Waals surface area contributed by atoms with E-state index in [0.29, 0.717) is 31.8 Å². The molecule has 3 fully saturated rings. The van der Waals surface area contributed by atoms with Gasteiger partial charge < -0.3 is 14.7 Å². The molecule has 0 bridgehead atoms. The van der Waals surface area contributed by atoms with Crippen LogP contribution in [0.15, 0.2) is 30.3 Å². The van der Waals surface area contributed by atoms with Crippen LogP contribution in [0.1, 0.15) is 50.5 Å². The van der Waals surface area contributed by atoms with Crippen LogP contribution in [0.25, 0.3) is 0 Å². The second-order valence-electron chi connectivity index (χ2n) is 8.70. The molecule has 2 amide bonds. The van der Waals surface area contributed by atoms with Crippen LogP contribution in [0.4, 0.5) is 4.79 Å². The van der Waals surface area contributed by atoms with Gasteiger partial charge in [-0.1, -0.05) is 49.6 Å². The Kier molecular flexibility index (Phi) is 6.25. The van der Waals surface area contributed by atoms with Gasteiger partial charge in [0.05, 0.1) is 0 Å². The van der Waals surface area contributed by atoms with Crippen LogP contribution in [0, 0.1) is 11.8 Å². The Morgan fingerprint density at radius 2 is 1.70 bits per heavy atom. The minimum Gasteiger partial charge on any atom is -0.480 e. The normalized spacial score (nSPS) is 28.7. The third kappa shape index (κ3) is 4.16. The van der Waals surface area contributed by atoms with Gasteiger partial charge in [0.1, 0.15) is 18.7 Å². The second-order valence-corrected chi connectivity index (χ2v) is 8.70. The Labute approximate surface area is 177 Å². The number of aliphatic carboxylic acids is 1. The number of benzene rings is 1. The first kappa shape index (κ1) is 20.7. The molecule has 0 unspecified atom stereocenters. The molecule has 2 saturated heterocycles. The Morgan fingerprint density at radius 3 is 2.47 bits per heavy atom. The highest BCUT2D eigenvalue weighted by Gasteiger charge is 2.49. The lowest BCUT2D eigenvalue weighted by atomic mass is 9.70. The molecule has 2 aliphatic heterocycles. The van der Waals surface area contributed by atoms with Gasteiger partial charge >= 0.3 is 12.1 Å². The van der Waals surface area contributed by atoms with Gasteiger partial charge in [-0.3, -0.25) is 9.69 Å². The van der Waals surface area contributed by atoms with E-state index in [9.17, 15) is 19.5 Å². The fourth-order valence-corrected chi connectivity index (χ4v) is 5.47. The number of carboxylic acids is 1. The van der Waals surface area contributed by atoms with E-state index < -0.39 is 24.1 Å². The SMILES string of the molecule is O=C(O)[C@@H]1CCCN1C(=O)[C@H]1[C@H]2CCCC[C@H]2CCN1C(=O)OCc1ccccc1. The molecule has 4 rings (SSSR count). The zero-order valence-corrected chi connectivity index (χ0v) is 17.2. The van der Waals surface area contributed by atoms with Crippen molar-refractivity contribution in [3.63, 3.8) is 0 Å².